The second-order valence-electron chi connectivity index (χ2n) is 3.35. The number of ether oxygens (including phenoxy) is 2. The zero-order valence-electron chi connectivity index (χ0n) is 9.62. The second-order valence-corrected chi connectivity index (χ2v) is 3.62. The molecule has 0 aromatic carbocycles. The van der Waals surface area contributed by atoms with Gasteiger partial charge in [-0.15, -0.1) is 24.8 Å². The summed E-state index contributed by atoms with van der Waals surface area (Å²) in [5, 5.41) is 9.59. The van der Waals surface area contributed by atoms with Gasteiger partial charge in [0.25, 0.3) is 5.88 Å². The molecule has 0 radical (unpaired) electrons. The first-order valence-corrected chi connectivity index (χ1v) is 5.40. The first kappa shape index (κ1) is 15.4. The van der Waals surface area contributed by atoms with E-state index in [0.29, 0.717) is 0 Å². The Balaban J connectivity index is 3.12. The summed E-state index contributed by atoms with van der Waals surface area (Å²) in [6.07, 6.45) is -4.29. The van der Waals surface area contributed by atoms with Crippen LogP contribution in [0.2, 0.25) is 0 Å². The molecule has 1 heterocycles. The molecule has 0 unspecified atom stereocenters. The largest absolute Gasteiger partial charge is 0.574 e. The van der Waals surface area contributed by atoms with E-state index in [4.69, 9.17) is 11.6 Å². The molecule has 0 aliphatic heterocycles. The predicted molar refractivity (Wildman–Crippen MR) is 57.9 cm³/mol. The molecule has 0 aliphatic rings. The highest BCUT2D eigenvalue weighted by atomic mass is 35.5. The van der Waals surface area contributed by atoms with Gasteiger partial charge < -0.3 is 14.6 Å². The predicted octanol–water partition coefficient (Wildman–Crippen LogP) is 2.14. The van der Waals surface area contributed by atoms with Gasteiger partial charge in [-0.2, -0.15) is 0 Å². The Morgan fingerprint density at radius 3 is 2.63 bits per heavy atom. The lowest BCUT2D eigenvalue weighted by Crippen LogP contribution is -2.18. The molecule has 0 saturated carbocycles. The number of esters is 1. The van der Waals surface area contributed by atoms with Crippen LogP contribution in [0.15, 0.2) is 6.20 Å². The summed E-state index contributed by atoms with van der Waals surface area (Å²) in [6.45, 7) is 0. The monoisotopic (exact) mass is 299 g/mol. The number of halogens is 4. The van der Waals surface area contributed by atoms with Gasteiger partial charge in [-0.1, -0.05) is 0 Å². The summed E-state index contributed by atoms with van der Waals surface area (Å²) in [7, 11) is 1.15. The molecule has 1 aromatic heterocycles. The smallest absolute Gasteiger partial charge is 0.503 e. The molecule has 1 rings (SSSR count). The molecule has 1 aromatic rings. The Labute approximate surface area is 110 Å². The Morgan fingerprint density at radius 2 is 2.16 bits per heavy atom. The fourth-order valence-electron chi connectivity index (χ4n) is 1.27. The van der Waals surface area contributed by atoms with Crippen LogP contribution in [0.4, 0.5) is 13.2 Å². The van der Waals surface area contributed by atoms with Gasteiger partial charge in [-0.3, -0.25) is 4.79 Å². The van der Waals surface area contributed by atoms with E-state index in [1.165, 1.54) is 0 Å². The molecule has 0 atom stereocenters. The molecular formula is C10H9ClF3NO4. The highest BCUT2D eigenvalue weighted by molar-refractivity contribution is 6.17. The normalized spacial score (nSPS) is 11.2. The molecule has 19 heavy (non-hydrogen) atoms. The fraction of sp³-hybridized carbons (Fsp3) is 0.400. The summed E-state index contributed by atoms with van der Waals surface area (Å²) in [5.74, 6) is -2.82. The number of nitrogens with zero attached hydrogens (tertiary/aromatic N) is 1. The van der Waals surface area contributed by atoms with Crippen LogP contribution in [-0.4, -0.2) is 29.5 Å². The molecule has 0 amide bonds. The first-order valence-electron chi connectivity index (χ1n) is 4.86. The SMILES string of the molecule is COC(=O)Cc1cnc(OC(F)(F)F)c(O)c1CCl. The van der Waals surface area contributed by atoms with Crippen molar-refractivity contribution in [3.8, 4) is 11.6 Å². The van der Waals surface area contributed by atoms with Gasteiger partial charge in [0.15, 0.2) is 5.75 Å². The number of aromatic hydroxyl groups is 1. The lowest BCUT2D eigenvalue weighted by molar-refractivity contribution is -0.276. The Bertz CT molecular complexity index is 479. The van der Waals surface area contributed by atoms with Crippen molar-refractivity contribution >= 4 is 17.6 Å². The number of pyridine rings is 1. The number of carbonyl (C=O) groups is 1. The number of hydrogen-bond acceptors (Lipinski definition) is 5. The summed E-state index contributed by atoms with van der Waals surface area (Å²) < 4.78 is 44.1. The number of carbonyl (C=O) groups excluding carboxylic acids is 1. The highest BCUT2D eigenvalue weighted by Gasteiger charge is 2.34. The van der Waals surface area contributed by atoms with Crippen LogP contribution in [-0.2, 0) is 21.8 Å². The zero-order chi connectivity index (χ0) is 14.6. The number of aromatic nitrogens is 1. The third-order valence-corrected chi connectivity index (χ3v) is 2.39. The quantitative estimate of drug-likeness (QED) is 0.681. The molecule has 0 spiro atoms. The summed E-state index contributed by atoms with van der Waals surface area (Å²) >= 11 is 5.53. The van der Waals surface area contributed by atoms with Gasteiger partial charge in [0.2, 0.25) is 0 Å². The Morgan fingerprint density at radius 1 is 1.53 bits per heavy atom. The highest BCUT2D eigenvalue weighted by Crippen LogP contribution is 2.34. The van der Waals surface area contributed by atoms with Crippen molar-refractivity contribution in [3.05, 3.63) is 17.3 Å². The van der Waals surface area contributed by atoms with Crippen LogP contribution >= 0.6 is 11.6 Å². The van der Waals surface area contributed by atoms with E-state index >= 15 is 0 Å². The summed E-state index contributed by atoms with van der Waals surface area (Å²) in [5.41, 5.74) is 0.0928. The molecule has 0 aliphatic carbocycles. The van der Waals surface area contributed by atoms with Crippen molar-refractivity contribution in [2.24, 2.45) is 0 Å². The van der Waals surface area contributed by atoms with E-state index < -0.39 is 24.0 Å². The number of hydrogen-bond donors (Lipinski definition) is 1. The van der Waals surface area contributed by atoms with Crippen molar-refractivity contribution in [3.63, 3.8) is 0 Å². The van der Waals surface area contributed by atoms with Crippen LogP contribution in [0, 0.1) is 0 Å². The molecule has 0 bridgehead atoms. The minimum atomic E-state index is -4.99. The van der Waals surface area contributed by atoms with E-state index in [1.807, 2.05) is 0 Å². The van der Waals surface area contributed by atoms with Gasteiger partial charge in [-0.25, -0.2) is 4.98 Å². The van der Waals surface area contributed by atoms with E-state index in [0.717, 1.165) is 13.3 Å². The van der Waals surface area contributed by atoms with Gasteiger partial charge in [0, 0.05) is 11.8 Å². The van der Waals surface area contributed by atoms with Crippen LogP contribution in [0.25, 0.3) is 0 Å². The van der Waals surface area contributed by atoms with Crippen LogP contribution in [0.3, 0.4) is 0 Å². The molecule has 9 heteroatoms. The van der Waals surface area contributed by atoms with Gasteiger partial charge in [0.05, 0.1) is 19.4 Å². The Kier molecular flexibility index (Phi) is 4.82. The molecule has 0 fully saturated rings. The minimum absolute atomic E-state index is 0.0682. The fourth-order valence-corrected chi connectivity index (χ4v) is 1.57. The third-order valence-electron chi connectivity index (χ3n) is 2.12. The van der Waals surface area contributed by atoms with Crippen LogP contribution in [0.5, 0.6) is 11.6 Å². The van der Waals surface area contributed by atoms with E-state index in [1.54, 1.807) is 0 Å². The first-order chi connectivity index (χ1) is 8.78. The van der Waals surface area contributed by atoms with E-state index in [2.05, 4.69) is 14.5 Å². The minimum Gasteiger partial charge on any atom is -0.503 e. The maximum Gasteiger partial charge on any atom is 0.574 e. The second kappa shape index (κ2) is 5.96. The third kappa shape index (κ3) is 4.16. The lowest BCUT2D eigenvalue weighted by Gasteiger charge is -2.13. The average Bonchev–Trinajstić information content (AvgIpc) is 2.31. The van der Waals surface area contributed by atoms with Crippen LogP contribution < -0.4 is 4.74 Å². The maximum atomic E-state index is 12.0. The van der Waals surface area contributed by atoms with Gasteiger partial charge >= 0.3 is 12.3 Å². The molecular weight excluding hydrogens is 291 g/mol. The molecule has 0 saturated heterocycles. The van der Waals surface area contributed by atoms with Crippen molar-refractivity contribution in [1.82, 2.24) is 4.98 Å². The summed E-state index contributed by atoms with van der Waals surface area (Å²) in [6, 6.07) is 0. The number of methoxy groups -OCH3 is 1. The lowest BCUT2D eigenvalue weighted by atomic mass is 10.1. The van der Waals surface area contributed by atoms with Crippen molar-refractivity contribution in [2.75, 3.05) is 7.11 Å². The number of rotatable bonds is 4. The van der Waals surface area contributed by atoms with Crippen molar-refractivity contribution in [1.29, 1.82) is 0 Å². The topological polar surface area (TPSA) is 68.7 Å². The number of alkyl halides is 4. The Hall–Kier alpha value is -1.70. The van der Waals surface area contributed by atoms with Gasteiger partial charge in [-0.05, 0) is 5.56 Å². The van der Waals surface area contributed by atoms with E-state index in [-0.39, 0.29) is 23.4 Å². The molecule has 106 valence electrons. The van der Waals surface area contributed by atoms with Crippen molar-refractivity contribution < 1.29 is 32.5 Å². The standard InChI is InChI=1S/C10H9ClF3NO4/c1-18-7(16)2-5-4-15-9(19-10(12,13)14)8(17)6(5)3-11/h4,17H,2-3H2,1H3. The maximum absolute atomic E-state index is 12.0. The van der Waals surface area contributed by atoms with E-state index in [9.17, 15) is 23.1 Å². The van der Waals surface area contributed by atoms with Crippen molar-refractivity contribution in [2.45, 2.75) is 18.7 Å². The summed E-state index contributed by atoms with van der Waals surface area (Å²) in [4.78, 5) is 14.4. The molecule has 1 N–H and O–H groups in total. The van der Waals surface area contributed by atoms with Gasteiger partial charge in [0.1, 0.15) is 0 Å². The van der Waals surface area contributed by atoms with Crippen LogP contribution in [0.1, 0.15) is 11.1 Å². The average molecular weight is 300 g/mol. The zero-order valence-corrected chi connectivity index (χ0v) is 10.4. The molecule has 5 nitrogen and oxygen atoms in total.